The Hall–Kier alpha value is -1.35. The van der Waals surface area contributed by atoms with Crippen LogP contribution in [0.4, 0.5) is 0 Å². The van der Waals surface area contributed by atoms with Crippen molar-refractivity contribution in [1.82, 2.24) is 4.90 Å². The number of likely N-dealkylation sites (N-methyl/N-ethyl adjacent to an activating group) is 1. The number of primary amides is 1. The van der Waals surface area contributed by atoms with Crippen LogP contribution in [0, 0.1) is 6.92 Å². The highest BCUT2D eigenvalue weighted by molar-refractivity contribution is 5.80. The lowest BCUT2D eigenvalue weighted by Crippen LogP contribution is -2.46. The van der Waals surface area contributed by atoms with Crippen LogP contribution in [-0.4, -0.2) is 23.9 Å². The molecule has 0 spiro atoms. The molecule has 1 aliphatic heterocycles. The molecule has 0 radical (unpaired) electrons. The van der Waals surface area contributed by atoms with Crippen molar-refractivity contribution >= 4 is 5.91 Å². The van der Waals surface area contributed by atoms with E-state index in [1.165, 1.54) is 16.7 Å². The van der Waals surface area contributed by atoms with Gasteiger partial charge in [-0.15, -0.1) is 0 Å². The lowest BCUT2D eigenvalue weighted by atomic mass is 9.93. The standard InChI is InChI=1S/C12H16N2O/c1-8-3-4-9-6-11(12(13)15)14(2)7-10(9)5-8/h3-5,11H,6-7H2,1-2H3,(H2,13,15). The third-order valence-electron chi connectivity index (χ3n) is 3.06. The summed E-state index contributed by atoms with van der Waals surface area (Å²) in [6, 6.07) is 6.22. The minimum atomic E-state index is -0.233. The van der Waals surface area contributed by atoms with Gasteiger partial charge in [-0.05, 0) is 31.5 Å². The number of fused-ring (bicyclic) bond motifs is 1. The molecule has 0 saturated heterocycles. The molecule has 3 heteroatoms. The maximum absolute atomic E-state index is 11.2. The van der Waals surface area contributed by atoms with E-state index in [1.54, 1.807) is 0 Å². The number of benzene rings is 1. The molecule has 15 heavy (non-hydrogen) atoms. The van der Waals surface area contributed by atoms with E-state index in [4.69, 9.17) is 5.73 Å². The van der Waals surface area contributed by atoms with Crippen LogP contribution in [0.15, 0.2) is 18.2 Å². The Morgan fingerprint density at radius 3 is 2.87 bits per heavy atom. The van der Waals surface area contributed by atoms with Gasteiger partial charge in [0.05, 0.1) is 6.04 Å². The van der Waals surface area contributed by atoms with E-state index in [0.717, 1.165) is 13.0 Å². The Balaban J connectivity index is 2.33. The summed E-state index contributed by atoms with van der Waals surface area (Å²) in [5.41, 5.74) is 9.19. The molecule has 1 aliphatic rings. The Morgan fingerprint density at radius 2 is 2.20 bits per heavy atom. The molecule has 1 aromatic rings. The molecule has 80 valence electrons. The van der Waals surface area contributed by atoms with Gasteiger partial charge in [0, 0.05) is 6.54 Å². The number of hydrogen-bond donors (Lipinski definition) is 1. The minimum absolute atomic E-state index is 0.153. The van der Waals surface area contributed by atoms with Gasteiger partial charge in [0.1, 0.15) is 0 Å². The van der Waals surface area contributed by atoms with E-state index < -0.39 is 0 Å². The van der Waals surface area contributed by atoms with Gasteiger partial charge in [0.2, 0.25) is 5.91 Å². The largest absolute Gasteiger partial charge is 0.368 e. The number of amides is 1. The van der Waals surface area contributed by atoms with Gasteiger partial charge >= 0.3 is 0 Å². The normalized spacial score (nSPS) is 21.1. The zero-order chi connectivity index (χ0) is 11.0. The third kappa shape index (κ3) is 1.88. The van der Waals surface area contributed by atoms with Crippen molar-refractivity contribution in [2.24, 2.45) is 5.73 Å². The first-order valence-corrected chi connectivity index (χ1v) is 5.16. The average Bonchev–Trinajstić information content (AvgIpc) is 2.15. The molecule has 0 aliphatic carbocycles. The number of carbonyl (C=O) groups excluding carboxylic acids is 1. The highest BCUT2D eigenvalue weighted by Gasteiger charge is 2.26. The van der Waals surface area contributed by atoms with Gasteiger partial charge in [-0.3, -0.25) is 9.69 Å². The van der Waals surface area contributed by atoms with Crippen molar-refractivity contribution < 1.29 is 4.79 Å². The molecule has 2 N–H and O–H groups in total. The summed E-state index contributed by atoms with van der Waals surface area (Å²) in [6.07, 6.45) is 0.738. The van der Waals surface area contributed by atoms with Gasteiger partial charge < -0.3 is 5.73 Å². The minimum Gasteiger partial charge on any atom is -0.368 e. The lowest BCUT2D eigenvalue weighted by molar-refractivity contribution is -0.123. The molecule has 0 aromatic heterocycles. The summed E-state index contributed by atoms with van der Waals surface area (Å²) in [5, 5.41) is 0. The van der Waals surface area contributed by atoms with Gasteiger partial charge in [-0.25, -0.2) is 0 Å². The van der Waals surface area contributed by atoms with Crippen LogP contribution in [0.5, 0.6) is 0 Å². The molecular weight excluding hydrogens is 188 g/mol. The lowest BCUT2D eigenvalue weighted by Gasteiger charge is -2.32. The van der Waals surface area contributed by atoms with Gasteiger partial charge in [-0.1, -0.05) is 23.8 Å². The second kappa shape index (κ2) is 3.66. The maximum Gasteiger partial charge on any atom is 0.235 e. The zero-order valence-corrected chi connectivity index (χ0v) is 9.16. The van der Waals surface area contributed by atoms with Crippen molar-refractivity contribution in [3.05, 3.63) is 34.9 Å². The van der Waals surface area contributed by atoms with Crippen molar-refractivity contribution in [2.75, 3.05) is 7.05 Å². The average molecular weight is 204 g/mol. The molecule has 3 nitrogen and oxygen atoms in total. The summed E-state index contributed by atoms with van der Waals surface area (Å²) in [5.74, 6) is -0.233. The zero-order valence-electron chi connectivity index (χ0n) is 9.16. The molecular formula is C12H16N2O. The molecule has 1 amide bonds. The Morgan fingerprint density at radius 1 is 1.47 bits per heavy atom. The fourth-order valence-corrected chi connectivity index (χ4v) is 2.16. The molecule has 0 bridgehead atoms. The second-order valence-corrected chi connectivity index (χ2v) is 4.31. The van der Waals surface area contributed by atoms with Crippen molar-refractivity contribution in [3.8, 4) is 0 Å². The SMILES string of the molecule is Cc1ccc2c(c1)CN(C)C(C(N)=O)C2. The van der Waals surface area contributed by atoms with Crippen molar-refractivity contribution in [3.63, 3.8) is 0 Å². The predicted molar refractivity (Wildman–Crippen MR) is 59.3 cm³/mol. The van der Waals surface area contributed by atoms with E-state index in [-0.39, 0.29) is 11.9 Å². The number of nitrogens with two attached hydrogens (primary N) is 1. The molecule has 2 rings (SSSR count). The van der Waals surface area contributed by atoms with Crippen LogP contribution in [0.1, 0.15) is 16.7 Å². The van der Waals surface area contributed by atoms with Crippen molar-refractivity contribution in [2.45, 2.75) is 25.9 Å². The number of rotatable bonds is 1. The Bertz CT molecular complexity index is 401. The van der Waals surface area contributed by atoms with E-state index in [2.05, 4.69) is 25.1 Å². The fraction of sp³-hybridized carbons (Fsp3) is 0.417. The van der Waals surface area contributed by atoms with Crippen LogP contribution in [-0.2, 0) is 17.8 Å². The smallest absolute Gasteiger partial charge is 0.235 e. The first-order valence-electron chi connectivity index (χ1n) is 5.16. The van der Waals surface area contributed by atoms with Crippen LogP contribution in [0.2, 0.25) is 0 Å². The number of nitrogens with zero attached hydrogens (tertiary/aromatic N) is 1. The van der Waals surface area contributed by atoms with Gasteiger partial charge in [0.15, 0.2) is 0 Å². The molecule has 1 unspecified atom stereocenters. The van der Waals surface area contributed by atoms with Crippen LogP contribution in [0.3, 0.4) is 0 Å². The Kier molecular flexibility index (Phi) is 2.49. The first kappa shape index (κ1) is 10.2. The van der Waals surface area contributed by atoms with Gasteiger partial charge in [-0.2, -0.15) is 0 Å². The van der Waals surface area contributed by atoms with Crippen LogP contribution in [0.25, 0.3) is 0 Å². The maximum atomic E-state index is 11.2. The van der Waals surface area contributed by atoms with E-state index >= 15 is 0 Å². The van der Waals surface area contributed by atoms with E-state index in [1.807, 2.05) is 11.9 Å². The number of hydrogen-bond acceptors (Lipinski definition) is 2. The highest BCUT2D eigenvalue weighted by atomic mass is 16.1. The monoisotopic (exact) mass is 204 g/mol. The number of carbonyl (C=O) groups is 1. The summed E-state index contributed by atoms with van der Waals surface area (Å²) in [4.78, 5) is 13.2. The summed E-state index contributed by atoms with van der Waals surface area (Å²) in [7, 11) is 1.95. The molecule has 0 fully saturated rings. The molecule has 1 atom stereocenters. The highest BCUT2D eigenvalue weighted by Crippen LogP contribution is 2.22. The van der Waals surface area contributed by atoms with E-state index in [0.29, 0.717) is 0 Å². The summed E-state index contributed by atoms with van der Waals surface area (Å²) >= 11 is 0. The molecule has 1 aromatic carbocycles. The third-order valence-corrected chi connectivity index (χ3v) is 3.06. The summed E-state index contributed by atoms with van der Waals surface area (Å²) < 4.78 is 0. The topological polar surface area (TPSA) is 46.3 Å². The first-order chi connectivity index (χ1) is 7.08. The second-order valence-electron chi connectivity index (χ2n) is 4.31. The number of aryl methyl sites for hydroxylation is 1. The van der Waals surface area contributed by atoms with E-state index in [9.17, 15) is 4.79 Å². The predicted octanol–water partition coefficient (Wildman–Crippen LogP) is 0.837. The quantitative estimate of drug-likeness (QED) is 0.736. The molecule has 0 saturated carbocycles. The van der Waals surface area contributed by atoms with Gasteiger partial charge in [0.25, 0.3) is 0 Å². The Labute approximate surface area is 89.9 Å². The summed E-state index contributed by atoms with van der Waals surface area (Å²) in [6.45, 7) is 2.89. The fourth-order valence-electron chi connectivity index (χ4n) is 2.16. The molecule has 1 heterocycles. The van der Waals surface area contributed by atoms with Crippen molar-refractivity contribution in [1.29, 1.82) is 0 Å². The van der Waals surface area contributed by atoms with Crippen LogP contribution >= 0.6 is 0 Å². The van der Waals surface area contributed by atoms with Crippen LogP contribution < -0.4 is 5.73 Å².